The standard InChI is InChI=1S/C24H20BrN5O5S3/c25-18-8-4-5-15(11-18)14-37(31,32)22(23-30-29-21(35-23)13-27-38(26,33)34)24-28-19-10-9-17(12-20(19)36-24)16-6-2-1-3-7-16/h1-12,22,27H,13-14H2,(H2,26,33,34). The molecule has 0 aliphatic rings. The summed E-state index contributed by atoms with van der Waals surface area (Å²) in [6.45, 7) is -0.384. The molecule has 0 saturated heterocycles. The van der Waals surface area contributed by atoms with Crippen LogP contribution in [0, 0.1) is 0 Å². The Balaban J connectivity index is 1.57. The molecule has 14 heteroatoms. The van der Waals surface area contributed by atoms with Crippen molar-refractivity contribution in [2.24, 2.45) is 5.14 Å². The van der Waals surface area contributed by atoms with Crippen LogP contribution in [0.3, 0.4) is 0 Å². The van der Waals surface area contributed by atoms with Crippen molar-refractivity contribution in [1.82, 2.24) is 19.9 Å². The number of hydrogen-bond acceptors (Lipinski definition) is 9. The molecular formula is C24H20BrN5O5S3. The summed E-state index contributed by atoms with van der Waals surface area (Å²) in [5.74, 6) is -0.659. The quantitative estimate of drug-likeness (QED) is 0.245. The summed E-state index contributed by atoms with van der Waals surface area (Å²) in [5.41, 5.74) is 3.18. The third-order valence-electron chi connectivity index (χ3n) is 5.48. The first kappa shape index (κ1) is 26.6. The van der Waals surface area contributed by atoms with E-state index in [1.807, 2.05) is 53.3 Å². The average Bonchev–Trinajstić information content (AvgIpc) is 3.49. The van der Waals surface area contributed by atoms with Crippen molar-refractivity contribution >= 4 is 57.5 Å². The van der Waals surface area contributed by atoms with Gasteiger partial charge in [-0.1, -0.05) is 64.5 Å². The van der Waals surface area contributed by atoms with Gasteiger partial charge in [0.2, 0.25) is 11.8 Å². The Morgan fingerprint density at radius 3 is 2.47 bits per heavy atom. The number of aromatic nitrogens is 3. The van der Waals surface area contributed by atoms with Crippen LogP contribution in [-0.4, -0.2) is 32.0 Å². The molecule has 3 aromatic carbocycles. The fraction of sp³-hybridized carbons (Fsp3) is 0.125. The van der Waals surface area contributed by atoms with E-state index in [4.69, 9.17) is 9.56 Å². The van der Waals surface area contributed by atoms with Crippen LogP contribution < -0.4 is 9.86 Å². The Kier molecular flexibility index (Phi) is 7.44. The summed E-state index contributed by atoms with van der Waals surface area (Å²) < 4.78 is 59.3. The van der Waals surface area contributed by atoms with E-state index < -0.39 is 25.3 Å². The molecule has 196 valence electrons. The maximum Gasteiger partial charge on any atom is 0.274 e. The van der Waals surface area contributed by atoms with Gasteiger partial charge in [0.15, 0.2) is 15.1 Å². The summed E-state index contributed by atoms with van der Waals surface area (Å²) in [5, 5.41) is 11.6. The van der Waals surface area contributed by atoms with Crippen LogP contribution in [0.15, 0.2) is 81.7 Å². The number of nitrogens with two attached hydrogens (primary N) is 1. The molecule has 0 fully saturated rings. The number of rotatable bonds is 9. The zero-order valence-electron chi connectivity index (χ0n) is 19.5. The fourth-order valence-corrected chi connectivity index (χ4v) is 7.74. The minimum absolute atomic E-state index is 0.135. The molecule has 5 rings (SSSR count). The molecule has 2 heterocycles. The van der Waals surface area contributed by atoms with Gasteiger partial charge in [-0.2, -0.15) is 13.1 Å². The van der Waals surface area contributed by atoms with Crippen LogP contribution in [-0.2, 0) is 32.3 Å². The second-order valence-corrected chi connectivity index (χ2v) is 13.8. The molecular weight excluding hydrogens is 614 g/mol. The van der Waals surface area contributed by atoms with Gasteiger partial charge in [0.05, 0.1) is 22.5 Å². The van der Waals surface area contributed by atoms with Gasteiger partial charge in [0.25, 0.3) is 10.2 Å². The Morgan fingerprint density at radius 1 is 0.947 bits per heavy atom. The molecule has 3 N–H and O–H groups in total. The monoisotopic (exact) mass is 633 g/mol. The summed E-state index contributed by atoms with van der Waals surface area (Å²) in [7, 11) is -7.98. The predicted octanol–water partition coefficient (Wildman–Crippen LogP) is 4.11. The van der Waals surface area contributed by atoms with Crippen molar-refractivity contribution in [3.8, 4) is 11.1 Å². The molecule has 1 unspecified atom stereocenters. The lowest BCUT2D eigenvalue weighted by Crippen LogP contribution is -2.30. The number of fused-ring (bicyclic) bond motifs is 1. The first-order chi connectivity index (χ1) is 18.1. The highest BCUT2D eigenvalue weighted by Crippen LogP contribution is 2.38. The SMILES string of the molecule is NS(=O)(=O)NCc1nnc(C(c2nc3ccc(-c4ccccc4)cc3s2)S(=O)(=O)Cc2cccc(Br)c2)o1. The smallest absolute Gasteiger partial charge is 0.274 e. The van der Waals surface area contributed by atoms with Crippen molar-refractivity contribution in [2.45, 2.75) is 17.5 Å². The number of hydrogen-bond donors (Lipinski definition) is 2. The van der Waals surface area contributed by atoms with E-state index in [0.29, 0.717) is 11.1 Å². The molecule has 38 heavy (non-hydrogen) atoms. The van der Waals surface area contributed by atoms with E-state index in [1.54, 1.807) is 24.3 Å². The molecule has 0 aliphatic heterocycles. The zero-order chi connectivity index (χ0) is 26.9. The maximum absolute atomic E-state index is 13.8. The van der Waals surface area contributed by atoms with E-state index in [9.17, 15) is 16.8 Å². The van der Waals surface area contributed by atoms with E-state index in [2.05, 4.69) is 31.1 Å². The number of benzene rings is 3. The van der Waals surface area contributed by atoms with Gasteiger partial charge in [0, 0.05) is 4.47 Å². The Labute approximate surface area is 231 Å². The van der Waals surface area contributed by atoms with E-state index in [0.717, 1.165) is 20.3 Å². The summed E-state index contributed by atoms with van der Waals surface area (Å²) in [6, 6.07) is 22.5. The molecule has 2 aromatic heterocycles. The van der Waals surface area contributed by atoms with Crippen LogP contribution in [0.1, 0.15) is 27.6 Å². The molecule has 10 nitrogen and oxygen atoms in total. The number of nitrogens with zero attached hydrogens (tertiary/aromatic N) is 3. The normalized spacial score (nSPS) is 13.1. The zero-order valence-corrected chi connectivity index (χ0v) is 23.5. The lowest BCUT2D eigenvalue weighted by molar-refractivity contribution is 0.443. The fourth-order valence-electron chi connectivity index (χ4n) is 3.83. The van der Waals surface area contributed by atoms with Gasteiger partial charge in [-0.3, -0.25) is 0 Å². The molecule has 5 aromatic rings. The van der Waals surface area contributed by atoms with E-state index >= 15 is 0 Å². The van der Waals surface area contributed by atoms with Gasteiger partial charge < -0.3 is 4.42 Å². The molecule has 0 amide bonds. The molecule has 0 spiro atoms. The number of halogens is 1. The topological polar surface area (TPSA) is 158 Å². The van der Waals surface area contributed by atoms with Crippen molar-refractivity contribution < 1.29 is 21.3 Å². The van der Waals surface area contributed by atoms with Crippen LogP contribution in [0.4, 0.5) is 0 Å². The van der Waals surface area contributed by atoms with Crippen LogP contribution in [0.2, 0.25) is 0 Å². The van der Waals surface area contributed by atoms with Crippen LogP contribution >= 0.6 is 27.3 Å². The molecule has 0 saturated carbocycles. The second kappa shape index (κ2) is 10.6. The minimum Gasteiger partial charge on any atom is -0.422 e. The molecule has 1 atom stereocenters. The number of nitrogens with one attached hydrogen (secondary N) is 1. The maximum atomic E-state index is 13.8. The Bertz CT molecular complexity index is 1820. The average molecular weight is 635 g/mol. The number of sulfone groups is 1. The largest absolute Gasteiger partial charge is 0.422 e. The third-order valence-corrected chi connectivity index (χ3v) is 9.63. The van der Waals surface area contributed by atoms with Crippen molar-refractivity contribution in [3.63, 3.8) is 0 Å². The highest BCUT2D eigenvalue weighted by molar-refractivity contribution is 9.10. The van der Waals surface area contributed by atoms with Crippen LogP contribution in [0.5, 0.6) is 0 Å². The first-order valence-electron chi connectivity index (χ1n) is 11.1. The van der Waals surface area contributed by atoms with Gasteiger partial charge in [0.1, 0.15) is 5.01 Å². The lowest BCUT2D eigenvalue weighted by atomic mass is 10.1. The van der Waals surface area contributed by atoms with Gasteiger partial charge >= 0.3 is 0 Å². The van der Waals surface area contributed by atoms with Gasteiger partial charge in [-0.05, 0) is 41.0 Å². The van der Waals surface area contributed by atoms with Crippen LogP contribution in [0.25, 0.3) is 21.3 Å². The van der Waals surface area contributed by atoms with Gasteiger partial charge in [-0.25, -0.2) is 18.5 Å². The van der Waals surface area contributed by atoms with E-state index in [1.165, 1.54) is 11.3 Å². The highest BCUT2D eigenvalue weighted by atomic mass is 79.9. The lowest BCUT2D eigenvalue weighted by Gasteiger charge is -2.12. The Morgan fingerprint density at radius 2 is 1.74 bits per heavy atom. The summed E-state index contributed by atoms with van der Waals surface area (Å²) in [4.78, 5) is 4.61. The molecule has 0 aliphatic carbocycles. The van der Waals surface area contributed by atoms with Crippen molar-refractivity contribution in [3.05, 3.63) is 99.6 Å². The van der Waals surface area contributed by atoms with E-state index in [-0.39, 0.29) is 29.1 Å². The minimum atomic E-state index is -4.01. The van der Waals surface area contributed by atoms with Gasteiger partial charge in [-0.15, -0.1) is 21.5 Å². The van der Waals surface area contributed by atoms with Crippen molar-refractivity contribution in [2.75, 3.05) is 0 Å². The second-order valence-electron chi connectivity index (χ2n) is 8.32. The van der Waals surface area contributed by atoms with Crippen molar-refractivity contribution in [1.29, 1.82) is 0 Å². The highest BCUT2D eigenvalue weighted by Gasteiger charge is 2.37. The summed E-state index contributed by atoms with van der Waals surface area (Å²) >= 11 is 4.59. The third kappa shape index (κ3) is 6.17. The molecule has 0 bridgehead atoms. The Hall–Kier alpha value is -3.01. The molecule has 0 radical (unpaired) electrons. The predicted molar refractivity (Wildman–Crippen MR) is 148 cm³/mol. The summed E-state index contributed by atoms with van der Waals surface area (Å²) in [6.07, 6.45) is 0. The first-order valence-corrected chi connectivity index (χ1v) is 16.0. The number of thiazole rings is 1.